The Morgan fingerprint density at radius 3 is 2.51 bits per heavy atom. The van der Waals surface area contributed by atoms with Gasteiger partial charge in [0, 0.05) is 48.7 Å². The average Bonchev–Trinajstić information content (AvgIpc) is 3.76. The van der Waals surface area contributed by atoms with Crippen LogP contribution >= 0.6 is 0 Å². The number of aromatic nitrogens is 9. The number of pyridine rings is 1. The zero-order valence-electron chi connectivity index (χ0n) is 21.0. The molecule has 13 heteroatoms. The van der Waals surface area contributed by atoms with Crippen LogP contribution in [0.4, 0.5) is 15.9 Å². The van der Waals surface area contributed by atoms with E-state index in [2.05, 4.69) is 30.0 Å². The summed E-state index contributed by atoms with van der Waals surface area (Å²) in [6.45, 7) is 0.694. The third-order valence-corrected chi connectivity index (χ3v) is 6.07. The molecule has 5 heterocycles. The highest BCUT2D eigenvalue weighted by atomic mass is 19.1. The van der Waals surface area contributed by atoms with E-state index in [1.54, 1.807) is 65.0 Å². The molecular formula is C26H23FN10O2. The molecule has 0 amide bonds. The highest BCUT2D eigenvalue weighted by Gasteiger charge is 2.22. The molecule has 0 unspecified atom stereocenters. The van der Waals surface area contributed by atoms with Gasteiger partial charge in [-0.1, -0.05) is 0 Å². The van der Waals surface area contributed by atoms with Gasteiger partial charge in [0.15, 0.2) is 17.2 Å². The number of methoxy groups -OCH3 is 2. The van der Waals surface area contributed by atoms with Gasteiger partial charge in [-0.25, -0.2) is 24.3 Å². The number of nitrogens with one attached hydrogen (secondary N) is 2. The van der Waals surface area contributed by atoms with Crippen molar-refractivity contribution < 1.29 is 13.9 Å². The Balaban J connectivity index is 1.40. The topological polar surface area (TPSA) is 136 Å². The molecule has 1 aromatic carbocycles. The van der Waals surface area contributed by atoms with E-state index in [0.717, 1.165) is 11.4 Å². The summed E-state index contributed by atoms with van der Waals surface area (Å²) in [5.41, 5.74) is 2.57. The second-order valence-corrected chi connectivity index (χ2v) is 8.51. The smallest absolute Gasteiger partial charge is 0.188 e. The zero-order valence-corrected chi connectivity index (χ0v) is 21.0. The van der Waals surface area contributed by atoms with Crippen LogP contribution in [0.25, 0.3) is 22.4 Å². The fourth-order valence-corrected chi connectivity index (χ4v) is 4.14. The normalized spacial score (nSPS) is 11.2. The van der Waals surface area contributed by atoms with Crippen molar-refractivity contribution in [3.05, 3.63) is 85.1 Å². The first-order valence-corrected chi connectivity index (χ1v) is 11.9. The minimum atomic E-state index is -0.560. The van der Waals surface area contributed by atoms with Gasteiger partial charge in [-0.15, -0.1) is 0 Å². The number of rotatable bonds is 9. The van der Waals surface area contributed by atoms with Crippen LogP contribution in [0, 0.1) is 5.82 Å². The summed E-state index contributed by atoms with van der Waals surface area (Å²) < 4.78 is 28.0. The van der Waals surface area contributed by atoms with Crippen molar-refractivity contribution in [3.8, 4) is 22.8 Å². The summed E-state index contributed by atoms with van der Waals surface area (Å²) in [5, 5.41) is 4.40. The monoisotopic (exact) mass is 526 g/mol. The zero-order chi connectivity index (χ0) is 26.8. The van der Waals surface area contributed by atoms with E-state index >= 15 is 4.39 Å². The van der Waals surface area contributed by atoms with Crippen LogP contribution in [0.2, 0.25) is 0 Å². The molecule has 12 nitrogen and oxygen atoms in total. The van der Waals surface area contributed by atoms with Crippen LogP contribution in [-0.2, 0) is 13.1 Å². The summed E-state index contributed by atoms with van der Waals surface area (Å²) in [5.74, 6) is 1.76. The molecule has 6 aromatic rings. The Kier molecular flexibility index (Phi) is 6.29. The number of halogens is 1. The van der Waals surface area contributed by atoms with Crippen molar-refractivity contribution in [2.75, 3.05) is 19.1 Å². The molecule has 39 heavy (non-hydrogen) atoms. The molecular weight excluding hydrogens is 503 g/mol. The van der Waals surface area contributed by atoms with Gasteiger partial charge in [0.2, 0.25) is 0 Å². The molecule has 0 bridgehead atoms. The first kappa shape index (κ1) is 24.0. The molecule has 0 spiro atoms. The number of hydrogen-bond donors (Lipinski definition) is 2. The molecule has 0 fully saturated rings. The third kappa shape index (κ3) is 4.84. The van der Waals surface area contributed by atoms with Gasteiger partial charge in [0.25, 0.3) is 0 Å². The van der Waals surface area contributed by atoms with E-state index in [1.165, 1.54) is 20.3 Å². The largest absolute Gasteiger partial charge is 0.497 e. The molecule has 0 saturated carbocycles. The van der Waals surface area contributed by atoms with Crippen LogP contribution in [0.15, 0.2) is 67.6 Å². The number of benzene rings is 1. The van der Waals surface area contributed by atoms with E-state index < -0.39 is 5.82 Å². The van der Waals surface area contributed by atoms with Gasteiger partial charge in [0.1, 0.15) is 28.7 Å². The summed E-state index contributed by atoms with van der Waals surface area (Å²) in [4.78, 5) is 30.4. The average molecular weight is 527 g/mol. The van der Waals surface area contributed by atoms with Crippen molar-refractivity contribution in [1.82, 2.24) is 44.7 Å². The highest BCUT2D eigenvalue weighted by Crippen LogP contribution is 2.37. The van der Waals surface area contributed by atoms with Gasteiger partial charge in [-0.2, -0.15) is 5.10 Å². The Morgan fingerprint density at radius 1 is 0.949 bits per heavy atom. The summed E-state index contributed by atoms with van der Waals surface area (Å²) in [6.07, 6.45) is 12.0. The van der Waals surface area contributed by atoms with Gasteiger partial charge in [-0.05, 0) is 12.1 Å². The van der Waals surface area contributed by atoms with Crippen LogP contribution in [-0.4, -0.2) is 58.9 Å². The lowest BCUT2D eigenvalue weighted by atomic mass is 10.2. The lowest BCUT2D eigenvalue weighted by molar-refractivity contribution is 0.374. The molecule has 2 N–H and O–H groups in total. The number of aromatic amines is 2. The highest BCUT2D eigenvalue weighted by molar-refractivity contribution is 5.77. The number of fused-ring (bicyclic) bond motifs is 1. The van der Waals surface area contributed by atoms with E-state index in [-0.39, 0.29) is 18.0 Å². The van der Waals surface area contributed by atoms with Gasteiger partial charge < -0.3 is 24.3 Å². The number of ether oxygens (including phenoxy) is 2. The Bertz CT molecular complexity index is 1720. The molecule has 0 aliphatic carbocycles. The van der Waals surface area contributed by atoms with E-state index in [9.17, 15) is 0 Å². The molecule has 0 aliphatic heterocycles. The molecule has 196 valence electrons. The summed E-state index contributed by atoms with van der Waals surface area (Å²) >= 11 is 0. The minimum absolute atomic E-state index is 0.0447. The molecule has 0 aliphatic rings. The third-order valence-electron chi connectivity index (χ3n) is 6.07. The number of H-pyrrole nitrogens is 2. The molecule has 0 radical (unpaired) electrons. The minimum Gasteiger partial charge on any atom is -0.497 e. The van der Waals surface area contributed by atoms with Crippen LogP contribution in [0.1, 0.15) is 11.6 Å². The maximum Gasteiger partial charge on any atom is 0.188 e. The Labute approximate surface area is 221 Å². The SMILES string of the molecule is COc1cc(OC)c(F)c(N(Cc2ncc[nH]2)c2ccc3ncc(-c4cnn(Cc5ncc[nH]5)c4)nc3n2)c1. The standard InChI is InChI=1S/C26H23FN10O2/c1-38-17-9-20(25(27)21(10-17)39-2)37(15-23-30-7-8-31-23)24-4-3-18-26(35-24)34-19(12-32-18)16-11-33-36(13-16)14-22-28-5-6-29-22/h3-13H,14-15H2,1-2H3,(H,28,29)(H,30,31). The van der Waals surface area contributed by atoms with E-state index in [1.807, 2.05) is 6.20 Å². The van der Waals surface area contributed by atoms with E-state index in [0.29, 0.717) is 40.8 Å². The van der Waals surface area contributed by atoms with Crippen molar-refractivity contribution in [3.63, 3.8) is 0 Å². The van der Waals surface area contributed by atoms with Crippen LogP contribution in [0.3, 0.4) is 0 Å². The fourth-order valence-electron chi connectivity index (χ4n) is 4.14. The number of imidazole rings is 2. The fraction of sp³-hybridized carbons (Fsp3) is 0.154. The van der Waals surface area contributed by atoms with Crippen molar-refractivity contribution in [2.45, 2.75) is 13.1 Å². The maximum absolute atomic E-state index is 15.6. The quantitative estimate of drug-likeness (QED) is 0.288. The first-order valence-electron chi connectivity index (χ1n) is 11.9. The first-order chi connectivity index (χ1) is 19.1. The van der Waals surface area contributed by atoms with Crippen LogP contribution < -0.4 is 14.4 Å². The summed E-state index contributed by atoms with van der Waals surface area (Å²) in [6, 6.07) is 6.62. The van der Waals surface area contributed by atoms with Crippen molar-refractivity contribution >= 4 is 22.7 Å². The van der Waals surface area contributed by atoms with Crippen molar-refractivity contribution in [2.24, 2.45) is 0 Å². The predicted octanol–water partition coefficient (Wildman–Crippen LogP) is 3.88. The van der Waals surface area contributed by atoms with E-state index in [4.69, 9.17) is 19.4 Å². The lowest BCUT2D eigenvalue weighted by Gasteiger charge is -2.25. The molecule has 0 saturated heterocycles. The van der Waals surface area contributed by atoms with Gasteiger partial charge >= 0.3 is 0 Å². The molecule has 6 rings (SSSR count). The predicted molar refractivity (Wildman–Crippen MR) is 140 cm³/mol. The molecule has 0 atom stereocenters. The number of anilines is 2. The maximum atomic E-state index is 15.6. The number of nitrogens with zero attached hydrogens (tertiary/aromatic N) is 8. The van der Waals surface area contributed by atoms with Gasteiger partial charge in [0.05, 0.1) is 51.1 Å². The lowest BCUT2D eigenvalue weighted by Crippen LogP contribution is -2.20. The number of hydrogen-bond acceptors (Lipinski definition) is 9. The summed E-state index contributed by atoms with van der Waals surface area (Å²) in [7, 11) is 2.91. The van der Waals surface area contributed by atoms with Crippen molar-refractivity contribution in [1.29, 1.82) is 0 Å². The Hall–Kier alpha value is -5.33. The van der Waals surface area contributed by atoms with Crippen LogP contribution in [0.5, 0.6) is 11.5 Å². The molecule has 5 aromatic heterocycles. The van der Waals surface area contributed by atoms with Gasteiger partial charge in [-0.3, -0.25) is 9.67 Å². The second-order valence-electron chi connectivity index (χ2n) is 8.51. The Morgan fingerprint density at radius 2 is 1.77 bits per heavy atom. The second kappa shape index (κ2) is 10.2.